The van der Waals surface area contributed by atoms with E-state index >= 15 is 0 Å². The first-order valence-corrected chi connectivity index (χ1v) is 8.14. The standard InChI is InChI=1S/C12H14N4O3S/c17-12(9-4-6-20(18,19)8-9)13-7-11-15-14-10-3-1-2-5-16(10)11/h1-3,5,9H,4,6-8H2,(H,13,17). The third kappa shape index (κ3) is 2.51. The van der Waals surface area contributed by atoms with Gasteiger partial charge in [0.1, 0.15) is 0 Å². The molecule has 106 valence electrons. The Morgan fingerprint density at radius 1 is 1.40 bits per heavy atom. The molecule has 2 aromatic rings. The maximum Gasteiger partial charge on any atom is 0.224 e. The van der Waals surface area contributed by atoms with Gasteiger partial charge in [0.2, 0.25) is 5.91 Å². The summed E-state index contributed by atoms with van der Waals surface area (Å²) >= 11 is 0. The van der Waals surface area contributed by atoms with Gasteiger partial charge in [0.15, 0.2) is 21.3 Å². The molecule has 1 amide bonds. The normalized spacial score (nSPS) is 21.1. The van der Waals surface area contributed by atoms with Gasteiger partial charge in [-0.1, -0.05) is 6.07 Å². The summed E-state index contributed by atoms with van der Waals surface area (Å²) in [5, 5.41) is 10.7. The van der Waals surface area contributed by atoms with Gasteiger partial charge >= 0.3 is 0 Å². The van der Waals surface area contributed by atoms with E-state index in [1.165, 1.54) is 0 Å². The molecule has 0 aromatic carbocycles. The van der Waals surface area contributed by atoms with E-state index in [2.05, 4.69) is 15.5 Å². The van der Waals surface area contributed by atoms with Gasteiger partial charge in [0.05, 0.1) is 24.0 Å². The van der Waals surface area contributed by atoms with Crippen LogP contribution in [0.2, 0.25) is 0 Å². The van der Waals surface area contributed by atoms with Crippen molar-refractivity contribution in [3.05, 3.63) is 30.2 Å². The predicted molar refractivity (Wildman–Crippen MR) is 71.6 cm³/mol. The van der Waals surface area contributed by atoms with Crippen molar-refractivity contribution in [2.24, 2.45) is 5.92 Å². The highest BCUT2D eigenvalue weighted by atomic mass is 32.2. The molecule has 1 atom stereocenters. The van der Waals surface area contributed by atoms with Gasteiger partial charge in [-0.2, -0.15) is 0 Å². The lowest BCUT2D eigenvalue weighted by Gasteiger charge is -2.08. The van der Waals surface area contributed by atoms with Crippen LogP contribution >= 0.6 is 0 Å². The summed E-state index contributed by atoms with van der Waals surface area (Å²) in [5.74, 6) is -0.0222. The van der Waals surface area contributed by atoms with Crippen LogP contribution in [0, 0.1) is 5.92 Å². The largest absolute Gasteiger partial charge is 0.349 e. The lowest BCUT2D eigenvalue weighted by atomic mass is 10.1. The lowest BCUT2D eigenvalue weighted by molar-refractivity contribution is -0.124. The van der Waals surface area contributed by atoms with Crippen molar-refractivity contribution in [2.75, 3.05) is 11.5 Å². The zero-order chi connectivity index (χ0) is 14.2. The summed E-state index contributed by atoms with van der Waals surface area (Å²) in [6.45, 7) is 0.237. The Morgan fingerprint density at radius 2 is 2.25 bits per heavy atom. The zero-order valence-corrected chi connectivity index (χ0v) is 11.5. The summed E-state index contributed by atoms with van der Waals surface area (Å²) < 4.78 is 24.5. The summed E-state index contributed by atoms with van der Waals surface area (Å²) in [6, 6.07) is 5.53. The molecule has 3 rings (SSSR count). The molecule has 1 N–H and O–H groups in total. The minimum Gasteiger partial charge on any atom is -0.349 e. The number of rotatable bonds is 3. The van der Waals surface area contributed by atoms with Crippen LogP contribution in [0.5, 0.6) is 0 Å². The van der Waals surface area contributed by atoms with Gasteiger partial charge in [-0.25, -0.2) is 8.42 Å². The molecule has 2 aromatic heterocycles. The number of amides is 1. The first-order valence-electron chi connectivity index (χ1n) is 6.32. The Balaban J connectivity index is 1.66. The summed E-state index contributed by atoms with van der Waals surface area (Å²) in [7, 11) is -3.04. The Bertz CT molecular complexity index is 753. The number of sulfone groups is 1. The predicted octanol–water partition coefficient (Wildman–Crippen LogP) is -0.220. The second-order valence-electron chi connectivity index (χ2n) is 4.86. The van der Waals surface area contributed by atoms with Gasteiger partial charge in [-0.3, -0.25) is 9.20 Å². The van der Waals surface area contributed by atoms with Gasteiger partial charge in [0.25, 0.3) is 0 Å². The minimum atomic E-state index is -3.04. The van der Waals surface area contributed by atoms with Crippen LogP contribution in [-0.4, -0.2) is 40.4 Å². The van der Waals surface area contributed by atoms with Crippen molar-refractivity contribution in [3.8, 4) is 0 Å². The molecule has 1 fully saturated rings. The number of aromatic nitrogens is 3. The molecular formula is C12H14N4O3S. The van der Waals surface area contributed by atoms with Crippen LogP contribution in [0.15, 0.2) is 24.4 Å². The first-order chi connectivity index (χ1) is 9.55. The lowest BCUT2D eigenvalue weighted by Crippen LogP contribution is -2.31. The number of nitrogens with zero attached hydrogens (tertiary/aromatic N) is 3. The molecule has 0 aliphatic carbocycles. The van der Waals surface area contributed by atoms with Gasteiger partial charge in [-0.15, -0.1) is 10.2 Å². The quantitative estimate of drug-likeness (QED) is 0.844. The number of hydrogen-bond donors (Lipinski definition) is 1. The number of hydrogen-bond acceptors (Lipinski definition) is 5. The average Bonchev–Trinajstić information content (AvgIpc) is 2.99. The summed E-state index contributed by atoms with van der Waals surface area (Å²) in [5.41, 5.74) is 0.709. The van der Waals surface area contributed by atoms with Crippen molar-refractivity contribution in [3.63, 3.8) is 0 Å². The maximum atomic E-state index is 11.9. The second kappa shape index (κ2) is 4.86. The first kappa shape index (κ1) is 13.0. The molecule has 1 saturated heterocycles. The molecule has 7 nitrogen and oxygen atoms in total. The SMILES string of the molecule is O=C(NCc1nnc2ccccn12)C1CCS(=O)(=O)C1. The minimum absolute atomic E-state index is 0.0561. The molecule has 3 heterocycles. The number of pyridine rings is 1. The Hall–Kier alpha value is -1.96. The highest BCUT2D eigenvalue weighted by molar-refractivity contribution is 7.91. The third-order valence-electron chi connectivity index (χ3n) is 3.41. The topological polar surface area (TPSA) is 93.4 Å². The Kier molecular flexibility index (Phi) is 3.17. The molecule has 1 aliphatic rings. The molecule has 1 unspecified atom stereocenters. The molecule has 20 heavy (non-hydrogen) atoms. The second-order valence-corrected chi connectivity index (χ2v) is 7.09. The van der Waals surface area contributed by atoms with Crippen molar-refractivity contribution >= 4 is 21.4 Å². The molecule has 0 radical (unpaired) electrons. The summed E-state index contributed by atoms with van der Waals surface area (Å²) in [6.07, 6.45) is 2.21. The highest BCUT2D eigenvalue weighted by Crippen LogP contribution is 2.18. The smallest absolute Gasteiger partial charge is 0.224 e. The zero-order valence-electron chi connectivity index (χ0n) is 10.7. The van der Waals surface area contributed by atoms with E-state index < -0.39 is 15.8 Å². The van der Waals surface area contributed by atoms with E-state index in [1.54, 1.807) is 4.40 Å². The Morgan fingerprint density at radius 3 is 3.00 bits per heavy atom. The van der Waals surface area contributed by atoms with Crippen LogP contribution in [0.3, 0.4) is 0 Å². The fraction of sp³-hybridized carbons (Fsp3) is 0.417. The van der Waals surface area contributed by atoms with Crippen molar-refractivity contribution in [1.82, 2.24) is 19.9 Å². The number of fused-ring (bicyclic) bond motifs is 1. The van der Waals surface area contributed by atoms with E-state index in [4.69, 9.17) is 0 Å². The monoisotopic (exact) mass is 294 g/mol. The third-order valence-corrected chi connectivity index (χ3v) is 5.18. The number of nitrogens with one attached hydrogen (secondary N) is 1. The maximum absolute atomic E-state index is 11.9. The molecular weight excluding hydrogens is 280 g/mol. The van der Waals surface area contributed by atoms with Gasteiger partial charge < -0.3 is 5.32 Å². The van der Waals surface area contributed by atoms with Crippen molar-refractivity contribution in [1.29, 1.82) is 0 Å². The average molecular weight is 294 g/mol. The molecule has 1 aliphatic heterocycles. The van der Waals surface area contributed by atoms with E-state index in [-0.39, 0.29) is 24.0 Å². The van der Waals surface area contributed by atoms with Gasteiger partial charge in [-0.05, 0) is 18.6 Å². The van der Waals surface area contributed by atoms with E-state index in [0.29, 0.717) is 17.9 Å². The Labute approximate surface area is 115 Å². The van der Waals surface area contributed by atoms with Crippen LogP contribution in [0.4, 0.5) is 0 Å². The molecule has 0 saturated carbocycles. The molecule has 0 bridgehead atoms. The van der Waals surface area contributed by atoms with Crippen LogP contribution in [0.1, 0.15) is 12.2 Å². The molecule has 0 spiro atoms. The summed E-state index contributed by atoms with van der Waals surface area (Å²) in [4.78, 5) is 11.9. The van der Waals surface area contributed by atoms with Crippen LogP contribution < -0.4 is 5.32 Å². The fourth-order valence-corrected chi connectivity index (χ4v) is 4.07. The van der Waals surface area contributed by atoms with Crippen molar-refractivity contribution in [2.45, 2.75) is 13.0 Å². The van der Waals surface area contributed by atoms with Gasteiger partial charge in [0, 0.05) is 6.20 Å². The number of carbonyl (C=O) groups is 1. The van der Waals surface area contributed by atoms with Crippen LogP contribution in [0.25, 0.3) is 5.65 Å². The van der Waals surface area contributed by atoms with E-state index in [0.717, 1.165) is 0 Å². The van der Waals surface area contributed by atoms with E-state index in [9.17, 15) is 13.2 Å². The highest BCUT2D eigenvalue weighted by Gasteiger charge is 2.32. The van der Waals surface area contributed by atoms with Crippen LogP contribution in [-0.2, 0) is 21.2 Å². The van der Waals surface area contributed by atoms with E-state index in [1.807, 2.05) is 24.4 Å². The number of carbonyl (C=O) groups excluding carboxylic acids is 1. The molecule has 8 heteroatoms. The van der Waals surface area contributed by atoms with Crippen molar-refractivity contribution < 1.29 is 13.2 Å². The fourth-order valence-electron chi connectivity index (χ4n) is 2.32.